The second kappa shape index (κ2) is 7.99. The van der Waals surface area contributed by atoms with Crippen LogP contribution in [-0.2, 0) is 14.3 Å². The van der Waals surface area contributed by atoms with Gasteiger partial charge < -0.3 is 15.2 Å². The molecular weight excluding hydrogens is 366 g/mol. The van der Waals surface area contributed by atoms with Crippen LogP contribution in [0.1, 0.15) is 23.2 Å². The topological polar surface area (TPSA) is 92.7 Å². The Bertz CT molecular complexity index is 563. The van der Waals surface area contributed by atoms with Crippen molar-refractivity contribution in [3.63, 3.8) is 0 Å². The highest BCUT2D eigenvalue weighted by Crippen LogP contribution is 2.21. The second-order valence-corrected chi connectivity index (χ2v) is 5.39. The first-order valence-corrected chi connectivity index (χ1v) is 7.07. The van der Waals surface area contributed by atoms with Crippen molar-refractivity contribution >= 4 is 45.4 Å². The van der Waals surface area contributed by atoms with E-state index in [4.69, 9.17) is 16.7 Å². The Morgan fingerprint density at radius 1 is 1.43 bits per heavy atom. The first-order chi connectivity index (χ1) is 9.85. The molecule has 0 unspecified atom stereocenters. The molecule has 6 nitrogen and oxygen atoms in total. The monoisotopic (exact) mass is 377 g/mol. The molecule has 0 radical (unpaired) electrons. The van der Waals surface area contributed by atoms with Gasteiger partial charge >= 0.3 is 11.9 Å². The summed E-state index contributed by atoms with van der Waals surface area (Å²) in [5.74, 6) is -2.34. The number of ether oxygens (including phenoxy) is 1. The van der Waals surface area contributed by atoms with Gasteiger partial charge in [0, 0.05) is 15.9 Å². The number of benzene rings is 1. The Morgan fingerprint density at radius 3 is 2.62 bits per heavy atom. The molecule has 0 aliphatic heterocycles. The van der Waals surface area contributed by atoms with Crippen LogP contribution < -0.4 is 5.32 Å². The van der Waals surface area contributed by atoms with Gasteiger partial charge in [0.25, 0.3) is 5.91 Å². The van der Waals surface area contributed by atoms with Crippen molar-refractivity contribution in [2.24, 2.45) is 0 Å². The molecular formula is C13H13BrClNO5. The van der Waals surface area contributed by atoms with Crippen molar-refractivity contribution in [1.29, 1.82) is 0 Å². The zero-order valence-electron chi connectivity index (χ0n) is 11.1. The van der Waals surface area contributed by atoms with Crippen molar-refractivity contribution in [2.45, 2.75) is 18.9 Å². The van der Waals surface area contributed by atoms with Crippen LogP contribution in [0.3, 0.4) is 0 Å². The third-order valence-corrected chi connectivity index (χ3v) is 3.54. The number of esters is 1. The largest absolute Gasteiger partial charge is 0.480 e. The number of methoxy groups -OCH3 is 1. The average Bonchev–Trinajstić information content (AvgIpc) is 2.42. The number of carboxylic acids is 1. The fourth-order valence-electron chi connectivity index (χ4n) is 1.53. The standard InChI is InChI=1S/C13H13BrClNO5/c1-21-11(17)5-4-10(13(19)20)16-12(18)8-3-2-7(15)6-9(8)14/h2-3,6,10H,4-5H2,1H3,(H,16,18)(H,19,20)/t10-/m0/s1. The van der Waals surface area contributed by atoms with Crippen molar-refractivity contribution in [2.75, 3.05) is 7.11 Å². The third kappa shape index (κ3) is 5.35. The van der Waals surface area contributed by atoms with E-state index < -0.39 is 23.9 Å². The predicted molar refractivity (Wildman–Crippen MR) is 79.3 cm³/mol. The molecule has 0 saturated heterocycles. The van der Waals surface area contributed by atoms with Gasteiger partial charge in [-0.25, -0.2) is 4.79 Å². The lowest BCUT2D eigenvalue weighted by molar-refractivity contribution is -0.142. The molecule has 2 N–H and O–H groups in total. The van der Waals surface area contributed by atoms with E-state index in [0.717, 1.165) is 0 Å². The first-order valence-electron chi connectivity index (χ1n) is 5.90. The highest BCUT2D eigenvalue weighted by Gasteiger charge is 2.22. The van der Waals surface area contributed by atoms with Crippen LogP contribution in [0.25, 0.3) is 0 Å². The molecule has 0 spiro atoms. The second-order valence-electron chi connectivity index (χ2n) is 4.10. The first kappa shape index (κ1) is 17.5. The van der Waals surface area contributed by atoms with E-state index in [0.29, 0.717) is 9.50 Å². The molecule has 0 heterocycles. The minimum Gasteiger partial charge on any atom is -0.480 e. The molecule has 1 amide bonds. The van der Waals surface area contributed by atoms with Gasteiger partial charge in [0.2, 0.25) is 0 Å². The van der Waals surface area contributed by atoms with E-state index in [9.17, 15) is 14.4 Å². The van der Waals surface area contributed by atoms with Gasteiger partial charge in [0.1, 0.15) is 6.04 Å². The molecule has 21 heavy (non-hydrogen) atoms. The van der Waals surface area contributed by atoms with Gasteiger partial charge in [0.05, 0.1) is 12.7 Å². The van der Waals surface area contributed by atoms with Gasteiger partial charge in [0.15, 0.2) is 0 Å². The molecule has 1 atom stereocenters. The van der Waals surface area contributed by atoms with Crippen molar-refractivity contribution in [3.05, 3.63) is 33.3 Å². The van der Waals surface area contributed by atoms with Crippen molar-refractivity contribution in [1.82, 2.24) is 5.32 Å². The number of halogens is 2. The summed E-state index contributed by atoms with van der Waals surface area (Å²) in [7, 11) is 1.21. The van der Waals surface area contributed by atoms with E-state index >= 15 is 0 Å². The molecule has 1 rings (SSSR count). The molecule has 1 aromatic rings. The van der Waals surface area contributed by atoms with Gasteiger partial charge in [-0.1, -0.05) is 11.6 Å². The Hall–Kier alpha value is -1.60. The summed E-state index contributed by atoms with van der Waals surface area (Å²) in [5.41, 5.74) is 0.253. The Morgan fingerprint density at radius 2 is 2.10 bits per heavy atom. The van der Waals surface area contributed by atoms with Crippen LogP contribution in [0, 0.1) is 0 Å². The molecule has 1 aromatic carbocycles. The number of hydrogen-bond acceptors (Lipinski definition) is 4. The maximum atomic E-state index is 12.0. The molecule has 114 valence electrons. The number of carbonyl (C=O) groups excluding carboxylic acids is 2. The van der Waals surface area contributed by atoms with Crippen LogP contribution in [0.5, 0.6) is 0 Å². The normalized spacial score (nSPS) is 11.6. The van der Waals surface area contributed by atoms with E-state index in [1.807, 2.05) is 0 Å². The van der Waals surface area contributed by atoms with Gasteiger partial charge in [-0.05, 0) is 40.5 Å². The molecule has 0 aliphatic rings. The summed E-state index contributed by atoms with van der Waals surface area (Å²) in [5, 5.41) is 11.9. The van der Waals surface area contributed by atoms with Crippen molar-refractivity contribution in [3.8, 4) is 0 Å². The highest BCUT2D eigenvalue weighted by atomic mass is 79.9. The fourth-order valence-corrected chi connectivity index (χ4v) is 2.39. The predicted octanol–water partition coefficient (Wildman–Crippen LogP) is 2.24. The van der Waals surface area contributed by atoms with E-state index in [1.165, 1.54) is 25.3 Å². The lowest BCUT2D eigenvalue weighted by Crippen LogP contribution is -2.41. The summed E-state index contributed by atoms with van der Waals surface area (Å²) >= 11 is 8.95. The van der Waals surface area contributed by atoms with Gasteiger partial charge in [-0.2, -0.15) is 0 Å². The van der Waals surface area contributed by atoms with Gasteiger partial charge in [-0.3, -0.25) is 9.59 Å². The number of rotatable bonds is 6. The number of aliphatic carboxylic acids is 1. The smallest absolute Gasteiger partial charge is 0.326 e. The fraction of sp³-hybridized carbons (Fsp3) is 0.308. The lowest BCUT2D eigenvalue weighted by atomic mass is 10.1. The van der Waals surface area contributed by atoms with Crippen LogP contribution in [0.4, 0.5) is 0 Å². The highest BCUT2D eigenvalue weighted by molar-refractivity contribution is 9.10. The average molecular weight is 379 g/mol. The number of hydrogen-bond donors (Lipinski definition) is 2. The van der Waals surface area contributed by atoms with E-state index in [-0.39, 0.29) is 18.4 Å². The molecule has 0 aromatic heterocycles. The molecule has 0 fully saturated rings. The molecule has 0 aliphatic carbocycles. The van der Waals surface area contributed by atoms with E-state index in [1.54, 1.807) is 0 Å². The van der Waals surface area contributed by atoms with Crippen LogP contribution in [-0.4, -0.2) is 36.1 Å². The number of nitrogens with one attached hydrogen (secondary N) is 1. The summed E-state index contributed by atoms with van der Waals surface area (Å²) in [6.07, 6.45) is -0.158. The maximum absolute atomic E-state index is 12.0. The minimum atomic E-state index is -1.22. The van der Waals surface area contributed by atoms with Gasteiger partial charge in [-0.15, -0.1) is 0 Å². The van der Waals surface area contributed by atoms with Crippen molar-refractivity contribution < 1.29 is 24.2 Å². The summed E-state index contributed by atoms with van der Waals surface area (Å²) in [6, 6.07) is 3.34. The minimum absolute atomic E-state index is 0.0566. The third-order valence-electron chi connectivity index (χ3n) is 2.64. The summed E-state index contributed by atoms with van der Waals surface area (Å²) < 4.78 is 4.88. The maximum Gasteiger partial charge on any atom is 0.326 e. The molecule has 8 heteroatoms. The van der Waals surface area contributed by atoms with E-state index in [2.05, 4.69) is 26.0 Å². The zero-order chi connectivity index (χ0) is 16.0. The molecule has 0 bridgehead atoms. The van der Waals surface area contributed by atoms with Crippen LogP contribution >= 0.6 is 27.5 Å². The Kier molecular flexibility index (Phi) is 6.64. The lowest BCUT2D eigenvalue weighted by Gasteiger charge is -2.14. The summed E-state index contributed by atoms with van der Waals surface area (Å²) in [6.45, 7) is 0. The van der Waals surface area contributed by atoms with Crippen LogP contribution in [0.15, 0.2) is 22.7 Å². The zero-order valence-corrected chi connectivity index (χ0v) is 13.4. The number of amides is 1. The Labute approximate surface area is 134 Å². The Balaban J connectivity index is 2.76. The quantitative estimate of drug-likeness (QED) is 0.741. The SMILES string of the molecule is COC(=O)CC[C@H](NC(=O)c1ccc(Cl)cc1Br)C(=O)O. The number of carbonyl (C=O) groups is 3. The molecule has 0 saturated carbocycles. The van der Waals surface area contributed by atoms with Crippen LogP contribution in [0.2, 0.25) is 5.02 Å². The summed E-state index contributed by atoms with van der Waals surface area (Å²) in [4.78, 5) is 34.2. The number of carboxylic acid groups (broad SMARTS) is 1.